The number of hydrogen-bond acceptors (Lipinski definition) is 5. The number of carboxylic acids is 1. The average Bonchev–Trinajstić information content (AvgIpc) is 2.78. The van der Waals surface area contributed by atoms with Crippen molar-refractivity contribution in [2.75, 3.05) is 34.3 Å². The van der Waals surface area contributed by atoms with Crippen molar-refractivity contribution < 1.29 is 23.1 Å². The van der Waals surface area contributed by atoms with Crippen LogP contribution in [0.15, 0.2) is 29.2 Å². The third-order valence-electron chi connectivity index (χ3n) is 4.46. The fraction of sp³-hybridized carbons (Fsp3) is 0.562. The normalized spacial score (nSPS) is 23.0. The summed E-state index contributed by atoms with van der Waals surface area (Å²) in [5, 5.41) is 9.36. The van der Waals surface area contributed by atoms with E-state index < -0.39 is 21.9 Å². The van der Waals surface area contributed by atoms with Gasteiger partial charge in [-0.25, -0.2) is 8.42 Å². The molecule has 2 atom stereocenters. The fourth-order valence-electron chi connectivity index (χ4n) is 2.85. The van der Waals surface area contributed by atoms with Crippen molar-refractivity contribution in [3.05, 3.63) is 24.3 Å². The maximum atomic E-state index is 12.9. The SMILES string of the molecule is COc1ccc(S(=O)(=O)N2C[C@@H](C(=O)O)CC[C@@H](N(C)C)C2)cc1. The van der Waals surface area contributed by atoms with Crippen LogP contribution in [0, 0.1) is 5.92 Å². The molecule has 1 aromatic carbocycles. The van der Waals surface area contributed by atoms with E-state index in [0.717, 1.165) is 0 Å². The first-order chi connectivity index (χ1) is 11.3. The first kappa shape index (κ1) is 18.7. The number of benzene rings is 1. The molecule has 134 valence electrons. The van der Waals surface area contributed by atoms with Crippen molar-refractivity contribution >= 4 is 16.0 Å². The number of carbonyl (C=O) groups is 1. The second-order valence-electron chi connectivity index (χ2n) is 6.23. The molecule has 0 amide bonds. The number of carboxylic acid groups (broad SMARTS) is 1. The summed E-state index contributed by atoms with van der Waals surface area (Å²) in [6, 6.07) is 6.13. The molecule has 1 saturated heterocycles. The molecule has 0 bridgehead atoms. The zero-order valence-electron chi connectivity index (χ0n) is 14.2. The van der Waals surface area contributed by atoms with Gasteiger partial charge < -0.3 is 14.7 Å². The molecule has 0 aliphatic carbocycles. The number of rotatable bonds is 5. The van der Waals surface area contributed by atoms with Crippen molar-refractivity contribution in [2.24, 2.45) is 5.92 Å². The Morgan fingerprint density at radius 2 is 1.83 bits per heavy atom. The molecule has 1 heterocycles. The van der Waals surface area contributed by atoms with Crippen molar-refractivity contribution in [2.45, 2.75) is 23.8 Å². The number of likely N-dealkylation sites (N-methyl/N-ethyl adjacent to an activating group) is 1. The Balaban J connectivity index is 2.34. The van der Waals surface area contributed by atoms with E-state index >= 15 is 0 Å². The van der Waals surface area contributed by atoms with Crippen LogP contribution in [0.4, 0.5) is 0 Å². The van der Waals surface area contributed by atoms with Gasteiger partial charge in [-0.05, 0) is 51.2 Å². The van der Waals surface area contributed by atoms with Gasteiger partial charge in [0.05, 0.1) is 17.9 Å². The summed E-state index contributed by atoms with van der Waals surface area (Å²) in [4.78, 5) is 13.5. The highest BCUT2D eigenvalue weighted by Crippen LogP contribution is 2.26. The van der Waals surface area contributed by atoms with E-state index in [1.165, 1.54) is 23.5 Å². The third-order valence-corrected chi connectivity index (χ3v) is 6.31. The molecule has 0 aromatic heterocycles. The summed E-state index contributed by atoms with van der Waals surface area (Å²) in [7, 11) is 1.51. The summed E-state index contributed by atoms with van der Waals surface area (Å²) in [6.45, 7) is 0.277. The molecule has 2 rings (SSSR count). The number of hydrogen-bond donors (Lipinski definition) is 1. The van der Waals surface area contributed by atoms with E-state index in [9.17, 15) is 18.3 Å². The molecule has 0 radical (unpaired) electrons. The second-order valence-corrected chi connectivity index (χ2v) is 8.17. The van der Waals surface area contributed by atoms with Crippen LogP contribution in [0.5, 0.6) is 5.75 Å². The number of sulfonamides is 1. The van der Waals surface area contributed by atoms with Crippen LogP contribution in [0.3, 0.4) is 0 Å². The lowest BCUT2D eigenvalue weighted by Gasteiger charge is -2.28. The fourth-order valence-corrected chi connectivity index (χ4v) is 4.37. The largest absolute Gasteiger partial charge is 0.497 e. The van der Waals surface area contributed by atoms with Crippen LogP contribution < -0.4 is 4.74 Å². The molecule has 0 saturated carbocycles. The van der Waals surface area contributed by atoms with Crippen molar-refractivity contribution in [1.82, 2.24) is 9.21 Å². The minimum Gasteiger partial charge on any atom is -0.497 e. The Hall–Kier alpha value is -1.64. The van der Waals surface area contributed by atoms with Gasteiger partial charge in [-0.1, -0.05) is 0 Å². The van der Waals surface area contributed by atoms with Crippen LogP contribution in [0.2, 0.25) is 0 Å². The number of methoxy groups -OCH3 is 1. The van der Waals surface area contributed by atoms with Gasteiger partial charge in [0.1, 0.15) is 5.75 Å². The molecule has 1 fully saturated rings. The van der Waals surface area contributed by atoms with Crippen LogP contribution in [-0.4, -0.2) is 69.0 Å². The zero-order chi connectivity index (χ0) is 17.9. The van der Waals surface area contributed by atoms with Gasteiger partial charge in [0.25, 0.3) is 0 Å². The van der Waals surface area contributed by atoms with Gasteiger partial charge in [0.15, 0.2) is 0 Å². The molecule has 8 heteroatoms. The van der Waals surface area contributed by atoms with E-state index in [2.05, 4.69) is 0 Å². The summed E-state index contributed by atoms with van der Waals surface area (Å²) in [6.07, 6.45) is 1.12. The molecule has 24 heavy (non-hydrogen) atoms. The highest BCUT2D eigenvalue weighted by molar-refractivity contribution is 7.89. The lowest BCUT2D eigenvalue weighted by molar-refractivity contribution is -0.142. The highest BCUT2D eigenvalue weighted by Gasteiger charge is 2.35. The maximum Gasteiger partial charge on any atom is 0.307 e. The van der Waals surface area contributed by atoms with Gasteiger partial charge in [-0.3, -0.25) is 4.79 Å². The average molecular weight is 356 g/mol. The van der Waals surface area contributed by atoms with Crippen molar-refractivity contribution in [3.63, 3.8) is 0 Å². The number of ether oxygens (including phenoxy) is 1. The molecule has 0 unspecified atom stereocenters. The maximum absolute atomic E-state index is 12.9. The van der Waals surface area contributed by atoms with Crippen molar-refractivity contribution in [1.29, 1.82) is 0 Å². The van der Waals surface area contributed by atoms with Gasteiger partial charge in [-0.15, -0.1) is 0 Å². The topological polar surface area (TPSA) is 87.2 Å². The van der Waals surface area contributed by atoms with Gasteiger partial charge in [-0.2, -0.15) is 4.31 Å². The Morgan fingerprint density at radius 1 is 1.21 bits per heavy atom. The molecule has 1 N–H and O–H groups in total. The van der Waals surface area contributed by atoms with Crippen LogP contribution in [-0.2, 0) is 14.8 Å². The smallest absolute Gasteiger partial charge is 0.307 e. The van der Waals surface area contributed by atoms with Gasteiger partial charge in [0.2, 0.25) is 10.0 Å². The minimum absolute atomic E-state index is 0.00592. The summed E-state index contributed by atoms with van der Waals surface area (Å²) < 4.78 is 32.2. The lowest BCUT2D eigenvalue weighted by atomic mass is 10.0. The van der Waals surface area contributed by atoms with E-state index in [4.69, 9.17) is 4.74 Å². The first-order valence-corrected chi connectivity index (χ1v) is 9.23. The Kier molecular flexibility index (Phi) is 5.84. The Morgan fingerprint density at radius 3 is 2.33 bits per heavy atom. The molecule has 1 aromatic rings. The van der Waals surface area contributed by atoms with Gasteiger partial charge in [0, 0.05) is 19.1 Å². The van der Waals surface area contributed by atoms with E-state index in [1.54, 1.807) is 12.1 Å². The molecule has 7 nitrogen and oxygen atoms in total. The minimum atomic E-state index is -3.76. The summed E-state index contributed by atoms with van der Waals surface area (Å²) in [5.41, 5.74) is 0. The quantitative estimate of drug-likeness (QED) is 0.850. The number of nitrogens with zero attached hydrogens (tertiary/aromatic N) is 2. The predicted molar refractivity (Wildman–Crippen MR) is 89.6 cm³/mol. The van der Waals surface area contributed by atoms with E-state index in [-0.39, 0.29) is 24.0 Å². The monoisotopic (exact) mass is 356 g/mol. The third kappa shape index (κ3) is 4.06. The first-order valence-electron chi connectivity index (χ1n) is 7.79. The van der Waals surface area contributed by atoms with Crippen LogP contribution in [0.1, 0.15) is 12.8 Å². The molecule has 0 spiro atoms. The Bertz CT molecular complexity index is 672. The predicted octanol–water partition coefficient (Wildman–Crippen LogP) is 1.11. The van der Waals surface area contributed by atoms with Crippen LogP contribution >= 0.6 is 0 Å². The Labute approximate surface area is 142 Å². The highest BCUT2D eigenvalue weighted by atomic mass is 32.2. The van der Waals surface area contributed by atoms with Crippen molar-refractivity contribution in [3.8, 4) is 5.75 Å². The number of aliphatic carboxylic acids is 1. The summed E-state index contributed by atoms with van der Waals surface area (Å²) in [5.74, 6) is -1.08. The standard InChI is InChI=1S/C16H24N2O5S/c1-17(2)13-5-4-12(16(19)20)10-18(11-13)24(21,22)15-8-6-14(23-3)7-9-15/h6-9,12-13H,4-5,10-11H2,1-3H3,(H,19,20)/t12-,13+/m0/s1. The zero-order valence-corrected chi connectivity index (χ0v) is 15.0. The molecule has 1 aliphatic heterocycles. The summed E-state index contributed by atoms with van der Waals surface area (Å²) >= 11 is 0. The van der Waals surface area contributed by atoms with E-state index in [1.807, 2.05) is 19.0 Å². The lowest BCUT2D eigenvalue weighted by Crippen LogP contribution is -2.43. The molecule has 1 aliphatic rings. The second kappa shape index (κ2) is 7.50. The van der Waals surface area contributed by atoms with Gasteiger partial charge >= 0.3 is 5.97 Å². The molecular weight excluding hydrogens is 332 g/mol. The van der Waals surface area contributed by atoms with E-state index in [0.29, 0.717) is 18.6 Å². The molecular formula is C16H24N2O5S. The van der Waals surface area contributed by atoms with Crippen LogP contribution in [0.25, 0.3) is 0 Å².